The number of hydrogen-bond acceptors (Lipinski definition) is 5. The Labute approximate surface area is 140 Å². The molecule has 1 N–H and O–H groups in total. The lowest BCUT2D eigenvalue weighted by Crippen LogP contribution is -2.46. The van der Waals surface area contributed by atoms with E-state index < -0.39 is 0 Å². The van der Waals surface area contributed by atoms with Gasteiger partial charge in [0.15, 0.2) is 12.4 Å². The van der Waals surface area contributed by atoms with Crippen molar-refractivity contribution in [3.05, 3.63) is 42.2 Å². The fourth-order valence-corrected chi connectivity index (χ4v) is 2.53. The molecule has 0 radical (unpaired) electrons. The number of amides is 1. The van der Waals surface area contributed by atoms with Crippen molar-refractivity contribution < 1.29 is 19.0 Å². The maximum Gasteiger partial charge on any atom is 0.258 e. The van der Waals surface area contributed by atoms with Crippen LogP contribution in [0.15, 0.2) is 36.7 Å². The highest BCUT2D eigenvalue weighted by molar-refractivity contribution is 5.78. The molecular weight excluding hydrogens is 310 g/mol. The van der Waals surface area contributed by atoms with E-state index in [-0.39, 0.29) is 24.7 Å². The highest BCUT2D eigenvalue weighted by Crippen LogP contribution is 2.17. The topological polar surface area (TPSA) is 74.6 Å². The maximum atomic E-state index is 12.1. The van der Waals surface area contributed by atoms with Crippen LogP contribution in [0.2, 0.25) is 0 Å². The van der Waals surface area contributed by atoms with Crippen LogP contribution in [0.5, 0.6) is 11.5 Å². The smallest absolute Gasteiger partial charge is 0.258 e. The van der Waals surface area contributed by atoms with Gasteiger partial charge in [-0.05, 0) is 18.6 Å². The Balaban J connectivity index is 1.50. The third-order valence-electron chi connectivity index (χ3n) is 3.80. The lowest BCUT2D eigenvalue weighted by atomic mass is 10.2. The van der Waals surface area contributed by atoms with Crippen LogP contribution < -0.4 is 14.8 Å². The van der Waals surface area contributed by atoms with Crippen LogP contribution in [0, 0.1) is 6.92 Å². The van der Waals surface area contributed by atoms with Gasteiger partial charge in [0.05, 0.1) is 31.6 Å². The fourth-order valence-electron chi connectivity index (χ4n) is 2.53. The zero-order valence-corrected chi connectivity index (χ0v) is 13.8. The van der Waals surface area contributed by atoms with Crippen molar-refractivity contribution in [3.63, 3.8) is 0 Å². The van der Waals surface area contributed by atoms with Gasteiger partial charge in [0.25, 0.3) is 5.91 Å². The van der Waals surface area contributed by atoms with Gasteiger partial charge in [0.1, 0.15) is 11.9 Å². The molecular formula is C17H21N3O4. The van der Waals surface area contributed by atoms with Crippen LogP contribution in [-0.4, -0.2) is 47.7 Å². The van der Waals surface area contributed by atoms with E-state index in [4.69, 9.17) is 14.2 Å². The number of rotatable bonds is 6. The van der Waals surface area contributed by atoms with Gasteiger partial charge in [-0.1, -0.05) is 18.2 Å². The lowest BCUT2D eigenvalue weighted by molar-refractivity contribution is -0.124. The van der Waals surface area contributed by atoms with Crippen molar-refractivity contribution in [1.29, 1.82) is 0 Å². The summed E-state index contributed by atoms with van der Waals surface area (Å²) < 4.78 is 18.5. The number of aryl methyl sites for hydroxylation is 2. The summed E-state index contributed by atoms with van der Waals surface area (Å²) in [7, 11) is 1.82. The first-order valence-electron chi connectivity index (χ1n) is 7.82. The molecule has 1 aliphatic rings. The van der Waals surface area contributed by atoms with Crippen LogP contribution in [0.4, 0.5) is 0 Å². The summed E-state index contributed by atoms with van der Waals surface area (Å²) in [5.41, 5.74) is 0.993. The minimum atomic E-state index is -0.239. The first-order chi connectivity index (χ1) is 11.6. The van der Waals surface area contributed by atoms with Crippen molar-refractivity contribution >= 4 is 5.91 Å². The Morgan fingerprint density at radius 2 is 2.25 bits per heavy atom. The van der Waals surface area contributed by atoms with Gasteiger partial charge in [-0.25, -0.2) is 0 Å². The molecule has 1 saturated heterocycles. The van der Waals surface area contributed by atoms with Crippen molar-refractivity contribution in [2.75, 3.05) is 19.8 Å². The summed E-state index contributed by atoms with van der Waals surface area (Å²) in [6, 6.07) is 7.38. The summed E-state index contributed by atoms with van der Waals surface area (Å²) in [5.74, 6) is 1.16. The Kier molecular flexibility index (Phi) is 5.00. The van der Waals surface area contributed by atoms with Gasteiger partial charge < -0.3 is 19.5 Å². The minimum absolute atomic E-state index is 0.0407. The summed E-state index contributed by atoms with van der Waals surface area (Å²) in [4.78, 5) is 12.1. The molecule has 1 amide bonds. The number of para-hydroxylation sites is 1. The number of nitrogens with zero attached hydrogens (tertiary/aromatic N) is 2. The van der Waals surface area contributed by atoms with Gasteiger partial charge in [0.2, 0.25) is 0 Å². The molecule has 2 heterocycles. The predicted octanol–water partition coefficient (Wildman–Crippen LogP) is 1.07. The second kappa shape index (κ2) is 7.35. The van der Waals surface area contributed by atoms with Crippen molar-refractivity contribution in [1.82, 2.24) is 15.1 Å². The molecule has 2 aromatic rings. The van der Waals surface area contributed by atoms with Gasteiger partial charge in [-0.15, -0.1) is 0 Å². The highest BCUT2D eigenvalue weighted by Gasteiger charge is 2.31. The number of hydrogen-bond donors (Lipinski definition) is 1. The van der Waals surface area contributed by atoms with E-state index in [0.717, 1.165) is 5.56 Å². The van der Waals surface area contributed by atoms with Crippen molar-refractivity contribution in [2.45, 2.75) is 19.1 Å². The normalized spacial score (nSPS) is 19.9. The van der Waals surface area contributed by atoms with E-state index in [1.165, 1.54) is 0 Å². The number of carbonyl (C=O) groups excluding carboxylic acids is 1. The number of benzene rings is 1. The monoisotopic (exact) mass is 331 g/mol. The molecule has 1 fully saturated rings. The summed E-state index contributed by atoms with van der Waals surface area (Å²) in [5, 5.41) is 6.96. The molecule has 24 heavy (non-hydrogen) atoms. The predicted molar refractivity (Wildman–Crippen MR) is 87.0 cm³/mol. The molecule has 1 aromatic heterocycles. The van der Waals surface area contributed by atoms with Crippen LogP contribution >= 0.6 is 0 Å². The molecule has 7 heteroatoms. The molecule has 0 aliphatic carbocycles. The molecule has 1 aliphatic heterocycles. The first-order valence-corrected chi connectivity index (χ1v) is 7.82. The molecule has 2 atom stereocenters. The van der Waals surface area contributed by atoms with Crippen LogP contribution in [0.3, 0.4) is 0 Å². The molecule has 0 bridgehead atoms. The van der Waals surface area contributed by atoms with Crippen LogP contribution in [0.25, 0.3) is 0 Å². The van der Waals surface area contributed by atoms with E-state index in [1.54, 1.807) is 17.1 Å². The molecule has 1 aromatic carbocycles. The molecule has 3 rings (SSSR count). The van der Waals surface area contributed by atoms with E-state index in [0.29, 0.717) is 24.7 Å². The second-order valence-electron chi connectivity index (χ2n) is 5.77. The zero-order valence-electron chi connectivity index (χ0n) is 13.8. The van der Waals surface area contributed by atoms with Crippen molar-refractivity contribution in [3.8, 4) is 11.5 Å². The summed E-state index contributed by atoms with van der Waals surface area (Å²) in [6.07, 6.45) is 3.17. The first kappa shape index (κ1) is 16.3. The maximum absolute atomic E-state index is 12.1. The van der Waals surface area contributed by atoms with Gasteiger partial charge in [-0.2, -0.15) is 5.10 Å². The molecule has 7 nitrogen and oxygen atoms in total. The Hall–Kier alpha value is -2.54. The quantitative estimate of drug-likeness (QED) is 0.857. The van der Waals surface area contributed by atoms with Crippen LogP contribution in [0.1, 0.15) is 5.56 Å². The molecule has 0 unspecified atom stereocenters. The average molecular weight is 331 g/mol. The van der Waals surface area contributed by atoms with Crippen molar-refractivity contribution in [2.24, 2.45) is 7.05 Å². The van der Waals surface area contributed by atoms with E-state index in [1.807, 2.05) is 38.2 Å². The number of nitrogens with one attached hydrogen (secondary N) is 1. The van der Waals surface area contributed by atoms with Gasteiger partial charge in [0, 0.05) is 7.05 Å². The lowest BCUT2D eigenvalue weighted by Gasteiger charge is -2.19. The van der Waals surface area contributed by atoms with Gasteiger partial charge in [-0.3, -0.25) is 9.48 Å². The average Bonchev–Trinajstić information content (AvgIpc) is 3.16. The number of aromatic nitrogens is 2. The Morgan fingerprint density at radius 3 is 3.00 bits per heavy atom. The van der Waals surface area contributed by atoms with E-state index in [2.05, 4.69) is 10.4 Å². The van der Waals surface area contributed by atoms with Gasteiger partial charge >= 0.3 is 0 Å². The standard InChI is InChI=1S/C17H21N3O4/c1-12-5-3-4-6-15(12)23-11-17(21)19-14-9-22-10-16(14)24-13-7-18-20(2)8-13/h3-8,14,16H,9-11H2,1-2H3,(H,19,21)/t14-,16+/m0/s1. The summed E-state index contributed by atoms with van der Waals surface area (Å²) in [6.45, 7) is 2.75. The third-order valence-corrected chi connectivity index (χ3v) is 3.80. The molecule has 128 valence electrons. The molecule has 0 spiro atoms. The third kappa shape index (κ3) is 4.05. The highest BCUT2D eigenvalue weighted by atomic mass is 16.5. The van der Waals surface area contributed by atoms with E-state index in [9.17, 15) is 4.79 Å². The second-order valence-corrected chi connectivity index (χ2v) is 5.77. The largest absolute Gasteiger partial charge is 0.484 e. The zero-order chi connectivity index (χ0) is 16.9. The molecule has 0 saturated carbocycles. The minimum Gasteiger partial charge on any atom is -0.484 e. The Bertz CT molecular complexity index is 701. The number of carbonyl (C=O) groups is 1. The fraction of sp³-hybridized carbons (Fsp3) is 0.412. The van der Waals surface area contributed by atoms with E-state index >= 15 is 0 Å². The SMILES string of the molecule is Cc1ccccc1OCC(=O)N[C@H]1COC[C@H]1Oc1cnn(C)c1. The summed E-state index contributed by atoms with van der Waals surface area (Å²) >= 11 is 0. The number of ether oxygens (including phenoxy) is 3. The Morgan fingerprint density at radius 1 is 1.42 bits per heavy atom. The van der Waals surface area contributed by atoms with Crippen LogP contribution in [-0.2, 0) is 16.6 Å².